The number of halogens is 3. The molecule has 0 radical (unpaired) electrons. The Morgan fingerprint density at radius 2 is 2.08 bits per heavy atom. The standard InChI is InChI=1S/C18H27Cl2FN2O/c1-2-24-18(22)13(7-6-8-19)14-11-17(15(20)12-16(14)21)23-9-4-3-5-10-23/h11-14,16,22H,2-10H2,1H3. The van der Waals surface area contributed by atoms with Gasteiger partial charge in [0.2, 0.25) is 0 Å². The SMILES string of the molecule is CCOC(=N)C(CCCCl)C1C=C(N2CCCCC2)C(Cl)=CC1F. The van der Waals surface area contributed by atoms with Crippen LogP contribution < -0.4 is 0 Å². The fourth-order valence-electron chi connectivity index (χ4n) is 3.48. The molecule has 136 valence electrons. The summed E-state index contributed by atoms with van der Waals surface area (Å²) in [6, 6.07) is 0. The van der Waals surface area contributed by atoms with Gasteiger partial charge in [-0.05, 0) is 45.1 Å². The maximum Gasteiger partial charge on any atom is 0.184 e. The van der Waals surface area contributed by atoms with Crippen molar-refractivity contribution in [1.29, 1.82) is 5.41 Å². The Morgan fingerprint density at radius 3 is 2.71 bits per heavy atom. The number of hydrogen-bond donors (Lipinski definition) is 1. The highest BCUT2D eigenvalue weighted by atomic mass is 35.5. The second kappa shape index (κ2) is 9.67. The fraction of sp³-hybridized carbons (Fsp3) is 0.722. The minimum absolute atomic E-state index is 0.149. The van der Waals surface area contributed by atoms with Crippen molar-refractivity contribution in [2.45, 2.75) is 45.2 Å². The van der Waals surface area contributed by atoms with E-state index in [1.54, 1.807) is 0 Å². The van der Waals surface area contributed by atoms with Crippen molar-refractivity contribution in [3.05, 3.63) is 22.9 Å². The monoisotopic (exact) mass is 376 g/mol. The number of rotatable bonds is 7. The Balaban J connectivity index is 2.22. The summed E-state index contributed by atoms with van der Waals surface area (Å²) in [4.78, 5) is 2.24. The van der Waals surface area contributed by atoms with E-state index in [2.05, 4.69) is 4.90 Å². The molecule has 6 heteroatoms. The predicted octanol–water partition coefficient (Wildman–Crippen LogP) is 5.10. The lowest BCUT2D eigenvalue weighted by Crippen LogP contribution is -2.36. The van der Waals surface area contributed by atoms with E-state index in [0.717, 1.165) is 38.0 Å². The van der Waals surface area contributed by atoms with Crippen molar-refractivity contribution < 1.29 is 9.13 Å². The average molecular weight is 377 g/mol. The average Bonchev–Trinajstić information content (AvgIpc) is 2.58. The largest absolute Gasteiger partial charge is 0.481 e. The predicted molar refractivity (Wildman–Crippen MR) is 98.6 cm³/mol. The van der Waals surface area contributed by atoms with E-state index in [0.29, 0.717) is 23.9 Å². The van der Waals surface area contributed by atoms with Crippen LogP contribution in [-0.2, 0) is 4.74 Å². The molecule has 0 aromatic rings. The maximum absolute atomic E-state index is 14.7. The summed E-state index contributed by atoms with van der Waals surface area (Å²) < 4.78 is 20.1. The zero-order valence-corrected chi connectivity index (χ0v) is 15.8. The first-order chi connectivity index (χ1) is 11.6. The lowest BCUT2D eigenvalue weighted by Gasteiger charge is -2.36. The third kappa shape index (κ3) is 4.89. The molecule has 0 saturated carbocycles. The van der Waals surface area contributed by atoms with Crippen molar-refractivity contribution >= 4 is 29.1 Å². The van der Waals surface area contributed by atoms with Crippen molar-refractivity contribution in [3.8, 4) is 0 Å². The minimum Gasteiger partial charge on any atom is -0.481 e. The summed E-state index contributed by atoms with van der Waals surface area (Å²) >= 11 is 12.1. The quantitative estimate of drug-likeness (QED) is 0.381. The van der Waals surface area contributed by atoms with Gasteiger partial charge >= 0.3 is 0 Å². The Labute approximate surface area is 154 Å². The van der Waals surface area contributed by atoms with Gasteiger partial charge in [-0.25, -0.2) is 4.39 Å². The van der Waals surface area contributed by atoms with Crippen LogP contribution in [-0.4, -0.2) is 42.5 Å². The van der Waals surface area contributed by atoms with Crippen molar-refractivity contribution in [3.63, 3.8) is 0 Å². The fourth-order valence-corrected chi connectivity index (χ4v) is 3.93. The van der Waals surface area contributed by atoms with Gasteiger partial charge in [0.05, 0.1) is 17.3 Å². The third-order valence-electron chi connectivity index (χ3n) is 4.71. The molecule has 24 heavy (non-hydrogen) atoms. The second-order valence-corrected chi connectivity index (χ2v) is 7.16. The lowest BCUT2D eigenvalue weighted by atomic mass is 9.81. The molecule has 1 fully saturated rings. The van der Waals surface area contributed by atoms with Gasteiger partial charge in [0.25, 0.3) is 0 Å². The molecule has 1 aliphatic heterocycles. The van der Waals surface area contributed by atoms with E-state index < -0.39 is 12.1 Å². The molecule has 3 nitrogen and oxygen atoms in total. The number of nitrogens with zero attached hydrogens (tertiary/aromatic N) is 1. The molecule has 2 aliphatic rings. The highest BCUT2D eigenvalue weighted by Crippen LogP contribution is 2.37. The summed E-state index contributed by atoms with van der Waals surface area (Å²) in [7, 11) is 0. The van der Waals surface area contributed by atoms with Gasteiger partial charge in [0.15, 0.2) is 5.90 Å². The van der Waals surface area contributed by atoms with Gasteiger partial charge in [0, 0.05) is 30.8 Å². The molecule has 0 spiro atoms. The van der Waals surface area contributed by atoms with Crippen LogP contribution in [0.15, 0.2) is 22.9 Å². The minimum atomic E-state index is -1.20. The Hall–Kier alpha value is -0.740. The van der Waals surface area contributed by atoms with Crippen LogP contribution in [0.1, 0.15) is 39.0 Å². The first-order valence-electron chi connectivity index (χ1n) is 8.84. The van der Waals surface area contributed by atoms with Gasteiger partial charge in [-0.3, -0.25) is 5.41 Å². The van der Waals surface area contributed by atoms with Crippen LogP contribution in [0.2, 0.25) is 0 Å². The van der Waals surface area contributed by atoms with Gasteiger partial charge in [-0.2, -0.15) is 0 Å². The van der Waals surface area contributed by atoms with Gasteiger partial charge < -0.3 is 9.64 Å². The number of piperidine rings is 1. The zero-order chi connectivity index (χ0) is 17.5. The molecule has 2 rings (SSSR count). The van der Waals surface area contributed by atoms with Crippen LogP contribution in [0.5, 0.6) is 0 Å². The molecule has 0 amide bonds. The molecule has 1 heterocycles. The first-order valence-corrected chi connectivity index (χ1v) is 9.75. The normalized spacial score (nSPS) is 25.8. The maximum atomic E-state index is 14.7. The topological polar surface area (TPSA) is 36.3 Å². The smallest absolute Gasteiger partial charge is 0.184 e. The molecule has 0 aromatic carbocycles. The van der Waals surface area contributed by atoms with Crippen LogP contribution in [0.4, 0.5) is 4.39 Å². The van der Waals surface area contributed by atoms with Gasteiger partial charge in [-0.15, -0.1) is 11.6 Å². The van der Waals surface area contributed by atoms with Crippen molar-refractivity contribution in [2.75, 3.05) is 25.6 Å². The number of alkyl halides is 2. The van der Waals surface area contributed by atoms with E-state index in [4.69, 9.17) is 33.3 Å². The number of ether oxygens (including phenoxy) is 1. The Bertz CT molecular complexity index is 489. The summed E-state index contributed by atoms with van der Waals surface area (Å²) in [6.45, 7) is 4.16. The summed E-state index contributed by atoms with van der Waals surface area (Å²) in [5.41, 5.74) is 0.912. The van der Waals surface area contributed by atoms with Crippen molar-refractivity contribution in [1.82, 2.24) is 4.90 Å². The molecule has 0 bridgehead atoms. The zero-order valence-electron chi connectivity index (χ0n) is 14.2. The van der Waals surface area contributed by atoms with E-state index in [-0.39, 0.29) is 11.8 Å². The van der Waals surface area contributed by atoms with E-state index in [9.17, 15) is 4.39 Å². The molecule has 1 saturated heterocycles. The molecular weight excluding hydrogens is 350 g/mol. The van der Waals surface area contributed by atoms with Gasteiger partial charge in [-0.1, -0.05) is 17.7 Å². The highest BCUT2D eigenvalue weighted by molar-refractivity contribution is 6.32. The Morgan fingerprint density at radius 1 is 1.38 bits per heavy atom. The first kappa shape index (κ1) is 19.6. The van der Waals surface area contributed by atoms with Gasteiger partial charge in [0.1, 0.15) is 6.17 Å². The van der Waals surface area contributed by atoms with Crippen LogP contribution in [0.25, 0.3) is 0 Å². The summed E-state index contributed by atoms with van der Waals surface area (Å²) in [5, 5.41) is 8.67. The second-order valence-electron chi connectivity index (χ2n) is 6.37. The van der Waals surface area contributed by atoms with Crippen molar-refractivity contribution in [2.24, 2.45) is 11.8 Å². The molecule has 3 atom stereocenters. The van der Waals surface area contributed by atoms with E-state index in [1.165, 1.54) is 12.5 Å². The number of allylic oxidation sites excluding steroid dienone is 3. The molecular formula is C18H27Cl2FN2O. The number of nitrogens with one attached hydrogen (secondary N) is 1. The van der Waals surface area contributed by atoms with E-state index >= 15 is 0 Å². The van der Waals surface area contributed by atoms with E-state index in [1.807, 2.05) is 13.0 Å². The molecule has 3 unspecified atom stereocenters. The highest BCUT2D eigenvalue weighted by Gasteiger charge is 2.35. The third-order valence-corrected chi connectivity index (χ3v) is 5.30. The number of likely N-dealkylation sites (tertiary alicyclic amines) is 1. The lowest BCUT2D eigenvalue weighted by molar-refractivity contribution is 0.218. The summed E-state index contributed by atoms with van der Waals surface area (Å²) in [6.07, 6.45) is 7.08. The Kier molecular flexibility index (Phi) is 7.89. The van der Waals surface area contributed by atoms with Crippen LogP contribution >= 0.6 is 23.2 Å². The van der Waals surface area contributed by atoms with Crippen LogP contribution in [0, 0.1) is 17.2 Å². The molecule has 0 aromatic heterocycles. The summed E-state index contributed by atoms with van der Waals surface area (Å²) in [5.74, 6) is -0.0825. The molecule has 1 N–H and O–H groups in total. The van der Waals surface area contributed by atoms with Crippen LogP contribution in [0.3, 0.4) is 0 Å². The number of hydrogen-bond acceptors (Lipinski definition) is 3. The molecule has 1 aliphatic carbocycles.